The van der Waals surface area contributed by atoms with Crippen molar-refractivity contribution in [3.8, 4) is 0 Å². The van der Waals surface area contributed by atoms with Crippen LogP contribution in [0.15, 0.2) is 24.5 Å². The molecule has 18 heavy (non-hydrogen) atoms. The van der Waals surface area contributed by atoms with Crippen molar-refractivity contribution in [1.29, 1.82) is 0 Å². The van der Waals surface area contributed by atoms with Crippen LogP contribution < -0.4 is 5.32 Å². The van der Waals surface area contributed by atoms with Crippen LogP contribution in [0.5, 0.6) is 0 Å². The minimum Gasteiger partial charge on any atom is -0.334 e. The smallest absolute Gasteiger partial charge is 0.0955 e. The van der Waals surface area contributed by atoms with Gasteiger partial charge in [0.2, 0.25) is 0 Å². The van der Waals surface area contributed by atoms with Crippen LogP contribution in [-0.2, 0) is 13.6 Å². The number of rotatable bonds is 2. The molecule has 1 aromatic carbocycles. The van der Waals surface area contributed by atoms with Gasteiger partial charge < -0.3 is 9.88 Å². The second-order valence-corrected chi connectivity index (χ2v) is 5.06. The predicted octanol–water partition coefficient (Wildman–Crippen LogP) is 1.37. The standard InChI is InChI=1S/C14H20N4/c1-17-11-16-13-9-12(3-4-14(13)17)10-18-7-2-5-15-6-8-18/h3-4,9,11,15H,2,5-8,10H2,1H3. The van der Waals surface area contributed by atoms with Gasteiger partial charge in [0.15, 0.2) is 0 Å². The second-order valence-electron chi connectivity index (χ2n) is 5.06. The summed E-state index contributed by atoms with van der Waals surface area (Å²) in [6.07, 6.45) is 3.12. The highest BCUT2D eigenvalue weighted by atomic mass is 15.1. The molecular weight excluding hydrogens is 224 g/mol. The van der Waals surface area contributed by atoms with E-state index in [1.807, 2.05) is 13.4 Å². The molecule has 96 valence electrons. The van der Waals surface area contributed by atoms with Gasteiger partial charge in [-0.25, -0.2) is 4.98 Å². The first kappa shape index (κ1) is 11.7. The molecule has 1 N–H and O–H groups in total. The number of nitrogens with one attached hydrogen (secondary N) is 1. The molecule has 3 rings (SSSR count). The molecular formula is C14H20N4. The highest BCUT2D eigenvalue weighted by Gasteiger charge is 2.09. The minimum absolute atomic E-state index is 1.04. The Morgan fingerprint density at radius 1 is 1.28 bits per heavy atom. The Bertz CT molecular complexity index is 524. The average Bonchev–Trinajstić information content (AvgIpc) is 2.60. The minimum atomic E-state index is 1.04. The van der Waals surface area contributed by atoms with Crippen LogP contribution in [0.3, 0.4) is 0 Å². The fourth-order valence-corrected chi connectivity index (χ4v) is 2.60. The van der Waals surface area contributed by atoms with Gasteiger partial charge in [0, 0.05) is 26.7 Å². The van der Waals surface area contributed by atoms with E-state index in [-0.39, 0.29) is 0 Å². The van der Waals surface area contributed by atoms with Gasteiger partial charge in [-0.05, 0) is 37.2 Å². The van der Waals surface area contributed by atoms with Crippen LogP contribution in [0.1, 0.15) is 12.0 Å². The molecule has 2 aromatic rings. The maximum atomic E-state index is 4.42. The van der Waals surface area contributed by atoms with Crippen molar-refractivity contribution in [3.05, 3.63) is 30.1 Å². The number of hydrogen-bond donors (Lipinski definition) is 1. The van der Waals surface area contributed by atoms with Crippen molar-refractivity contribution in [2.24, 2.45) is 7.05 Å². The van der Waals surface area contributed by atoms with Gasteiger partial charge in [-0.15, -0.1) is 0 Å². The molecule has 1 aliphatic heterocycles. The Labute approximate surface area is 108 Å². The van der Waals surface area contributed by atoms with Gasteiger partial charge in [0.25, 0.3) is 0 Å². The normalized spacial score (nSPS) is 18.1. The quantitative estimate of drug-likeness (QED) is 0.866. The van der Waals surface area contributed by atoms with Crippen molar-refractivity contribution < 1.29 is 0 Å². The number of aryl methyl sites for hydroxylation is 1. The average molecular weight is 244 g/mol. The molecule has 0 unspecified atom stereocenters. The third-order valence-electron chi connectivity index (χ3n) is 3.63. The summed E-state index contributed by atoms with van der Waals surface area (Å²) in [6, 6.07) is 6.61. The number of nitrogens with zero attached hydrogens (tertiary/aromatic N) is 3. The van der Waals surface area contributed by atoms with E-state index in [1.54, 1.807) is 0 Å². The molecule has 1 fully saturated rings. The zero-order chi connectivity index (χ0) is 12.4. The molecule has 0 saturated carbocycles. The Balaban J connectivity index is 1.77. The summed E-state index contributed by atoms with van der Waals surface area (Å²) >= 11 is 0. The highest BCUT2D eigenvalue weighted by Crippen LogP contribution is 2.15. The van der Waals surface area contributed by atoms with Crippen LogP contribution in [0.2, 0.25) is 0 Å². The van der Waals surface area contributed by atoms with Gasteiger partial charge in [-0.3, -0.25) is 4.90 Å². The van der Waals surface area contributed by atoms with E-state index in [0.717, 1.165) is 31.7 Å². The first-order chi connectivity index (χ1) is 8.83. The summed E-state index contributed by atoms with van der Waals surface area (Å²) in [7, 11) is 2.04. The van der Waals surface area contributed by atoms with Crippen LogP contribution in [0.4, 0.5) is 0 Å². The summed E-state index contributed by atoms with van der Waals surface area (Å²) in [4.78, 5) is 6.94. The molecule has 0 bridgehead atoms. The van der Waals surface area contributed by atoms with E-state index in [9.17, 15) is 0 Å². The van der Waals surface area contributed by atoms with E-state index < -0.39 is 0 Å². The summed E-state index contributed by atoms with van der Waals surface area (Å²) in [5.41, 5.74) is 3.67. The van der Waals surface area contributed by atoms with E-state index in [4.69, 9.17) is 0 Å². The maximum absolute atomic E-state index is 4.42. The lowest BCUT2D eigenvalue weighted by Gasteiger charge is -2.19. The molecule has 2 heterocycles. The van der Waals surface area contributed by atoms with Crippen molar-refractivity contribution in [3.63, 3.8) is 0 Å². The molecule has 0 amide bonds. The van der Waals surface area contributed by atoms with Crippen molar-refractivity contribution in [2.45, 2.75) is 13.0 Å². The van der Waals surface area contributed by atoms with E-state index in [1.165, 1.54) is 24.0 Å². The summed E-state index contributed by atoms with van der Waals surface area (Å²) in [5.74, 6) is 0. The van der Waals surface area contributed by atoms with Gasteiger partial charge in [0.1, 0.15) is 0 Å². The Morgan fingerprint density at radius 3 is 3.17 bits per heavy atom. The zero-order valence-electron chi connectivity index (χ0n) is 10.9. The van der Waals surface area contributed by atoms with Crippen LogP contribution in [-0.4, -0.2) is 40.6 Å². The van der Waals surface area contributed by atoms with Crippen LogP contribution in [0, 0.1) is 0 Å². The SMILES string of the molecule is Cn1cnc2cc(CN3CCCNCC3)ccc21. The Hall–Kier alpha value is -1.39. The molecule has 1 aliphatic rings. The number of imidazole rings is 1. The van der Waals surface area contributed by atoms with Gasteiger partial charge in [0.05, 0.1) is 17.4 Å². The van der Waals surface area contributed by atoms with Gasteiger partial charge in [-0.2, -0.15) is 0 Å². The third-order valence-corrected chi connectivity index (χ3v) is 3.63. The van der Waals surface area contributed by atoms with Crippen LogP contribution in [0.25, 0.3) is 11.0 Å². The first-order valence-corrected chi connectivity index (χ1v) is 6.66. The van der Waals surface area contributed by atoms with E-state index in [0.29, 0.717) is 0 Å². The maximum Gasteiger partial charge on any atom is 0.0955 e. The zero-order valence-corrected chi connectivity index (χ0v) is 10.9. The molecule has 0 atom stereocenters. The molecule has 4 nitrogen and oxygen atoms in total. The molecule has 1 saturated heterocycles. The first-order valence-electron chi connectivity index (χ1n) is 6.66. The number of hydrogen-bond acceptors (Lipinski definition) is 3. The fraction of sp³-hybridized carbons (Fsp3) is 0.500. The molecule has 4 heteroatoms. The summed E-state index contributed by atoms with van der Waals surface area (Å²) in [5, 5.41) is 3.44. The van der Waals surface area contributed by atoms with Crippen molar-refractivity contribution in [2.75, 3.05) is 26.2 Å². The monoisotopic (exact) mass is 244 g/mol. The molecule has 0 aliphatic carbocycles. The highest BCUT2D eigenvalue weighted by molar-refractivity contribution is 5.75. The van der Waals surface area contributed by atoms with E-state index >= 15 is 0 Å². The van der Waals surface area contributed by atoms with E-state index in [2.05, 4.69) is 38.0 Å². The van der Waals surface area contributed by atoms with Gasteiger partial charge >= 0.3 is 0 Å². The third kappa shape index (κ3) is 2.40. The number of fused-ring (bicyclic) bond motifs is 1. The lowest BCUT2D eigenvalue weighted by atomic mass is 10.2. The molecule has 0 spiro atoms. The predicted molar refractivity (Wildman–Crippen MR) is 73.5 cm³/mol. The fourth-order valence-electron chi connectivity index (χ4n) is 2.60. The largest absolute Gasteiger partial charge is 0.334 e. The van der Waals surface area contributed by atoms with Crippen molar-refractivity contribution in [1.82, 2.24) is 19.8 Å². The topological polar surface area (TPSA) is 33.1 Å². The summed E-state index contributed by atoms with van der Waals surface area (Å²) in [6.45, 7) is 5.61. The Kier molecular flexibility index (Phi) is 3.30. The Morgan fingerprint density at radius 2 is 2.22 bits per heavy atom. The number of benzene rings is 1. The lowest BCUT2D eigenvalue weighted by Crippen LogP contribution is -2.27. The molecule has 1 aromatic heterocycles. The van der Waals surface area contributed by atoms with Crippen molar-refractivity contribution >= 4 is 11.0 Å². The van der Waals surface area contributed by atoms with Crippen LogP contribution >= 0.6 is 0 Å². The van der Waals surface area contributed by atoms with Gasteiger partial charge in [-0.1, -0.05) is 6.07 Å². The second kappa shape index (κ2) is 5.08. The summed E-state index contributed by atoms with van der Waals surface area (Å²) < 4.78 is 2.06. The molecule has 0 radical (unpaired) electrons. The lowest BCUT2D eigenvalue weighted by molar-refractivity contribution is 0.284. The number of aromatic nitrogens is 2.